The first-order chi connectivity index (χ1) is 13.0. The third-order valence-corrected chi connectivity index (χ3v) is 6.58. The molecular formula is C19H23Cl2N3O3S. The van der Waals surface area contributed by atoms with E-state index in [1.54, 1.807) is 31.2 Å². The number of sulfonamides is 1. The summed E-state index contributed by atoms with van der Waals surface area (Å²) >= 11 is 12.1. The highest BCUT2D eigenvalue weighted by Crippen LogP contribution is 2.26. The van der Waals surface area contributed by atoms with Crippen LogP contribution in [-0.4, -0.2) is 38.8 Å². The number of anilines is 1. The van der Waals surface area contributed by atoms with Crippen molar-refractivity contribution in [2.45, 2.75) is 30.8 Å². The second-order valence-corrected chi connectivity index (χ2v) is 9.58. The fourth-order valence-electron chi connectivity index (χ4n) is 2.59. The average Bonchev–Trinajstić information content (AvgIpc) is 2.61. The van der Waals surface area contributed by atoms with Crippen molar-refractivity contribution in [3.05, 3.63) is 58.1 Å². The van der Waals surface area contributed by atoms with Crippen molar-refractivity contribution in [3.8, 4) is 0 Å². The van der Waals surface area contributed by atoms with Crippen molar-refractivity contribution >= 4 is 44.8 Å². The Kier molecular flexibility index (Phi) is 7.47. The molecule has 0 aliphatic rings. The average molecular weight is 444 g/mol. The van der Waals surface area contributed by atoms with Gasteiger partial charge in [-0.05, 0) is 49.7 Å². The molecule has 6 nitrogen and oxygen atoms in total. The summed E-state index contributed by atoms with van der Waals surface area (Å²) in [6, 6.07) is 10.6. The van der Waals surface area contributed by atoms with E-state index < -0.39 is 16.1 Å². The Balaban J connectivity index is 2.08. The summed E-state index contributed by atoms with van der Waals surface area (Å²) in [5.74, 6) is -0.295. The molecule has 0 aliphatic heterocycles. The molecule has 1 amide bonds. The maximum atomic E-state index is 12.5. The largest absolute Gasteiger partial charge is 0.325 e. The Hall–Kier alpha value is -1.64. The van der Waals surface area contributed by atoms with Gasteiger partial charge in [-0.1, -0.05) is 35.3 Å². The number of halogens is 2. The topological polar surface area (TPSA) is 78.5 Å². The van der Waals surface area contributed by atoms with Crippen LogP contribution in [0.15, 0.2) is 47.4 Å². The third kappa shape index (κ3) is 5.46. The van der Waals surface area contributed by atoms with Crippen LogP contribution in [0.4, 0.5) is 5.69 Å². The molecule has 2 unspecified atom stereocenters. The van der Waals surface area contributed by atoms with Gasteiger partial charge in [-0.25, -0.2) is 12.7 Å². The molecule has 0 fully saturated rings. The predicted molar refractivity (Wildman–Crippen MR) is 113 cm³/mol. The molecule has 2 N–H and O–H groups in total. The zero-order chi connectivity index (χ0) is 21.1. The number of benzene rings is 2. The van der Waals surface area contributed by atoms with E-state index in [1.807, 2.05) is 13.0 Å². The molecule has 0 bridgehead atoms. The number of carbonyl (C=O) groups excluding carboxylic acids is 1. The van der Waals surface area contributed by atoms with Crippen molar-refractivity contribution < 1.29 is 13.2 Å². The standard InChI is InChI=1S/C19H23Cl2N3O3S/c1-12(17-9-8-14(20)10-18(17)21)22-13(2)19(25)23-15-6-5-7-16(11-15)28(26,27)24(3)4/h5-13,22H,1-4H3,(H,23,25). The van der Waals surface area contributed by atoms with E-state index in [2.05, 4.69) is 10.6 Å². The minimum atomic E-state index is -3.58. The Bertz CT molecular complexity index is 965. The van der Waals surface area contributed by atoms with E-state index in [0.717, 1.165) is 9.87 Å². The highest BCUT2D eigenvalue weighted by molar-refractivity contribution is 7.89. The van der Waals surface area contributed by atoms with Crippen LogP contribution < -0.4 is 10.6 Å². The molecule has 0 radical (unpaired) electrons. The molecule has 0 heterocycles. The van der Waals surface area contributed by atoms with Crippen LogP contribution in [0.3, 0.4) is 0 Å². The van der Waals surface area contributed by atoms with Gasteiger partial charge in [0.1, 0.15) is 0 Å². The summed E-state index contributed by atoms with van der Waals surface area (Å²) in [5, 5.41) is 6.97. The van der Waals surface area contributed by atoms with E-state index in [1.165, 1.54) is 26.2 Å². The quantitative estimate of drug-likeness (QED) is 0.679. The number of amides is 1. The zero-order valence-corrected chi connectivity index (χ0v) is 18.4. The lowest BCUT2D eigenvalue weighted by molar-refractivity contribution is -0.117. The highest BCUT2D eigenvalue weighted by atomic mass is 35.5. The summed E-state index contributed by atoms with van der Waals surface area (Å²) in [5.41, 5.74) is 1.23. The first-order valence-electron chi connectivity index (χ1n) is 8.57. The number of carbonyl (C=O) groups is 1. The third-order valence-electron chi connectivity index (χ3n) is 4.20. The van der Waals surface area contributed by atoms with Crippen LogP contribution >= 0.6 is 23.2 Å². The molecule has 28 heavy (non-hydrogen) atoms. The van der Waals surface area contributed by atoms with Crippen LogP contribution in [0, 0.1) is 0 Å². The fourth-order valence-corrected chi connectivity index (χ4v) is 4.11. The summed E-state index contributed by atoms with van der Waals surface area (Å²) < 4.78 is 25.6. The van der Waals surface area contributed by atoms with Gasteiger partial charge in [0, 0.05) is 35.9 Å². The Morgan fingerprint density at radius 1 is 1.07 bits per heavy atom. The summed E-state index contributed by atoms with van der Waals surface area (Å²) in [6.45, 7) is 3.61. The van der Waals surface area contributed by atoms with Gasteiger partial charge in [0.05, 0.1) is 10.9 Å². The monoisotopic (exact) mass is 443 g/mol. The van der Waals surface area contributed by atoms with E-state index in [-0.39, 0.29) is 16.8 Å². The molecule has 0 spiro atoms. The van der Waals surface area contributed by atoms with Crippen LogP contribution in [0.1, 0.15) is 25.5 Å². The van der Waals surface area contributed by atoms with Crippen LogP contribution in [0.25, 0.3) is 0 Å². The number of nitrogens with one attached hydrogen (secondary N) is 2. The Labute approximate surface area is 175 Å². The van der Waals surface area contributed by atoms with Gasteiger partial charge < -0.3 is 5.32 Å². The van der Waals surface area contributed by atoms with Crippen LogP contribution in [-0.2, 0) is 14.8 Å². The Morgan fingerprint density at radius 2 is 1.75 bits per heavy atom. The van der Waals surface area contributed by atoms with Gasteiger partial charge in [0.15, 0.2) is 0 Å². The molecule has 0 aromatic heterocycles. The van der Waals surface area contributed by atoms with E-state index in [4.69, 9.17) is 23.2 Å². The fraction of sp³-hybridized carbons (Fsp3) is 0.316. The molecule has 0 saturated carbocycles. The van der Waals surface area contributed by atoms with Crippen molar-refractivity contribution in [1.82, 2.24) is 9.62 Å². The molecular weight excluding hydrogens is 421 g/mol. The molecule has 2 atom stereocenters. The number of rotatable bonds is 7. The summed E-state index contributed by atoms with van der Waals surface area (Å²) in [4.78, 5) is 12.6. The van der Waals surface area contributed by atoms with Gasteiger partial charge in [-0.15, -0.1) is 0 Å². The normalized spacial score (nSPS) is 14.0. The number of nitrogens with zero attached hydrogens (tertiary/aromatic N) is 1. The van der Waals surface area contributed by atoms with Gasteiger partial charge in [-0.2, -0.15) is 0 Å². The van der Waals surface area contributed by atoms with E-state index >= 15 is 0 Å². The predicted octanol–water partition coefficient (Wildman–Crippen LogP) is 3.92. The highest BCUT2D eigenvalue weighted by Gasteiger charge is 2.20. The molecule has 2 rings (SSSR count). The first kappa shape index (κ1) is 22.6. The minimum Gasteiger partial charge on any atom is -0.325 e. The summed E-state index contributed by atoms with van der Waals surface area (Å²) in [7, 11) is -0.669. The lowest BCUT2D eigenvalue weighted by Gasteiger charge is -2.21. The van der Waals surface area contributed by atoms with E-state index in [9.17, 15) is 13.2 Å². The SMILES string of the molecule is CC(NC(C)c1ccc(Cl)cc1Cl)C(=O)Nc1cccc(S(=O)(=O)N(C)C)c1. The summed E-state index contributed by atoms with van der Waals surface area (Å²) in [6.07, 6.45) is 0. The van der Waals surface area contributed by atoms with Gasteiger partial charge in [0.25, 0.3) is 0 Å². The van der Waals surface area contributed by atoms with Crippen molar-refractivity contribution in [2.24, 2.45) is 0 Å². The molecule has 9 heteroatoms. The molecule has 152 valence electrons. The van der Waals surface area contributed by atoms with Gasteiger partial charge in [-0.3, -0.25) is 10.1 Å². The van der Waals surface area contributed by atoms with Crippen LogP contribution in [0.5, 0.6) is 0 Å². The second-order valence-electron chi connectivity index (χ2n) is 6.58. The minimum absolute atomic E-state index is 0.109. The second kappa shape index (κ2) is 9.24. The zero-order valence-electron chi connectivity index (χ0n) is 16.0. The number of hydrogen-bond donors (Lipinski definition) is 2. The lowest BCUT2D eigenvalue weighted by atomic mass is 10.1. The lowest BCUT2D eigenvalue weighted by Crippen LogP contribution is -2.39. The van der Waals surface area contributed by atoms with Crippen molar-refractivity contribution in [2.75, 3.05) is 19.4 Å². The maximum absolute atomic E-state index is 12.5. The van der Waals surface area contributed by atoms with Crippen LogP contribution in [0.2, 0.25) is 10.0 Å². The molecule has 0 saturated heterocycles. The van der Waals surface area contributed by atoms with Crippen molar-refractivity contribution in [1.29, 1.82) is 0 Å². The van der Waals surface area contributed by atoms with Crippen molar-refractivity contribution in [3.63, 3.8) is 0 Å². The van der Waals surface area contributed by atoms with E-state index in [0.29, 0.717) is 15.7 Å². The Morgan fingerprint density at radius 3 is 2.36 bits per heavy atom. The molecule has 2 aromatic rings. The smallest absolute Gasteiger partial charge is 0.242 e. The first-order valence-corrected chi connectivity index (χ1v) is 10.8. The maximum Gasteiger partial charge on any atom is 0.242 e. The van der Waals surface area contributed by atoms with Gasteiger partial charge >= 0.3 is 0 Å². The van der Waals surface area contributed by atoms with Gasteiger partial charge in [0.2, 0.25) is 15.9 Å². The molecule has 2 aromatic carbocycles. The molecule has 0 aliphatic carbocycles. The number of hydrogen-bond acceptors (Lipinski definition) is 4.